The maximum absolute atomic E-state index is 13.6. The van der Waals surface area contributed by atoms with Crippen molar-refractivity contribution in [1.29, 1.82) is 0 Å². The highest BCUT2D eigenvalue weighted by Crippen LogP contribution is 2.36. The number of carboxylic acid groups (broad SMARTS) is 1. The van der Waals surface area contributed by atoms with Gasteiger partial charge in [-0.15, -0.1) is 0 Å². The Hall–Kier alpha value is -1.79. The molecule has 1 fully saturated rings. The largest absolute Gasteiger partial charge is 0.477 e. The van der Waals surface area contributed by atoms with Crippen molar-refractivity contribution in [3.05, 3.63) is 63.8 Å². The van der Waals surface area contributed by atoms with E-state index in [1.807, 2.05) is 0 Å². The first-order chi connectivity index (χ1) is 15.0. The zero-order valence-corrected chi connectivity index (χ0v) is 19.5. The quantitative estimate of drug-likeness (QED) is 0.445. The van der Waals surface area contributed by atoms with Gasteiger partial charge in [-0.3, -0.25) is 0 Å². The van der Waals surface area contributed by atoms with Crippen LogP contribution in [0.3, 0.4) is 0 Å². The molecule has 1 aromatic heterocycles. The van der Waals surface area contributed by atoms with Crippen molar-refractivity contribution in [3.8, 4) is 0 Å². The number of carbonyl (C=O) groups is 1. The summed E-state index contributed by atoms with van der Waals surface area (Å²) in [4.78, 5) is 11.9. The Bertz CT molecular complexity index is 1320. The highest BCUT2D eigenvalue weighted by Gasteiger charge is 2.41. The number of hydrogen-bond donors (Lipinski definition) is 3. The number of thioether (sulfide) groups is 1. The Balaban J connectivity index is 1.93. The van der Waals surface area contributed by atoms with Gasteiger partial charge < -0.3 is 19.9 Å². The van der Waals surface area contributed by atoms with Crippen molar-refractivity contribution in [2.75, 3.05) is 18.8 Å². The molecule has 0 bridgehead atoms. The van der Waals surface area contributed by atoms with Gasteiger partial charge in [0.1, 0.15) is 10.6 Å². The van der Waals surface area contributed by atoms with Gasteiger partial charge in [0, 0.05) is 24.2 Å². The van der Waals surface area contributed by atoms with Crippen LogP contribution in [-0.2, 0) is 16.6 Å². The molecule has 0 spiro atoms. The van der Waals surface area contributed by atoms with Crippen LogP contribution in [0.25, 0.3) is 10.9 Å². The van der Waals surface area contributed by atoms with Crippen LogP contribution in [0.15, 0.2) is 47.4 Å². The van der Waals surface area contributed by atoms with E-state index >= 15 is 0 Å². The number of rotatable bonds is 5. The third-order valence-electron chi connectivity index (χ3n) is 5.11. The molecule has 3 aromatic rings. The van der Waals surface area contributed by atoms with E-state index in [9.17, 15) is 28.5 Å². The molecule has 1 saturated heterocycles. The fraction of sp³-hybridized carbons (Fsp3) is 0.250. The summed E-state index contributed by atoms with van der Waals surface area (Å²) in [6, 6.07) is 11.3. The fourth-order valence-electron chi connectivity index (χ4n) is 3.73. The molecule has 1 aliphatic heterocycles. The van der Waals surface area contributed by atoms with Crippen molar-refractivity contribution in [2.24, 2.45) is 0 Å². The van der Waals surface area contributed by atoms with Gasteiger partial charge in [-0.1, -0.05) is 59.2 Å². The average Bonchev–Trinajstić information content (AvgIpc) is 3.05. The number of nitrogens with zero attached hydrogens (tertiary/aromatic N) is 2. The molecule has 2 heterocycles. The van der Waals surface area contributed by atoms with Crippen molar-refractivity contribution in [3.63, 3.8) is 0 Å². The van der Waals surface area contributed by atoms with E-state index < -0.39 is 33.4 Å². The highest BCUT2D eigenvalue weighted by atomic mass is 35.5. The zero-order chi connectivity index (χ0) is 23.3. The minimum absolute atomic E-state index is 0.0151. The maximum atomic E-state index is 13.6. The number of fused-ring (bicyclic) bond motifs is 1. The van der Waals surface area contributed by atoms with Gasteiger partial charge in [0.05, 0.1) is 22.1 Å². The van der Waals surface area contributed by atoms with E-state index in [4.69, 9.17) is 23.2 Å². The van der Waals surface area contributed by atoms with Crippen LogP contribution < -0.4 is 0 Å². The van der Waals surface area contributed by atoms with Crippen LogP contribution >= 0.6 is 35.0 Å². The summed E-state index contributed by atoms with van der Waals surface area (Å²) in [6.45, 7) is -0.527. The Morgan fingerprint density at radius 2 is 1.84 bits per heavy atom. The predicted molar refractivity (Wildman–Crippen MR) is 123 cm³/mol. The minimum atomic E-state index is -4.37. The standard InChI is InChI=1S/C20H18Cl2N2O6S2/c21-14-6-5-12(9-15(14)22)10-24-16-4-2-1-3-13(16)18(17(24)19(25)26)32(29,30)23-7-8-31-20(27,28)11-23/h1-6,9,27-28H,7-8,10-11H2,(H,25,26). The topological polar surface area (TPSA) is 120 Å². The summed E-state index contributed by atoms with van der Waals surface area (Å²) in [6.07, 6.45) is 0. The van der Waals surface area contributed by atoms with Gasteiger partial charge >= 0.3 is 5.97 Å². The Morgan fingerprint density at radius 3 is 2.50 bits per heavy atom. The summed E-state index contributed by atoms with van der Waals surface area (Å²) >= 11 is 12.9. The first kappa shape index (κ1) is 23.4. The number of β-amino-alcohol motifs (C(OH)–C–C–N with tert-alkyl or cyclic N) is 2. The SMILES string of the molecule is O=C(O)c1c(S(=O)(=O)N2CCSC(O)(O)C2)c2ccccc2n1Cc1ccc(Cl)c(Cl)c1. The third-order valence-corrected chi connectivity index (χ3v) is 8.74. The van der Waals surface area contributed by atoms with Gasteiger partial charge in [0.2, 0.25) is 15.1 Å². The number of benzene rings is 2. The second kappa shape index (κ2) is 8.53. The Kier molecular flexibility index (Phi) is 6.23. The van der Waals surface area contributed by atoms with Crippen LogP contribution in [0, 0.1) is 0 Å². The average molecular weight is 517 g/mol. The van der Waals surface area contributed by atoms with E-state index in [1.165, 1.54) is 10.6 Å². The van der Waals surface area contributed by atoms with Crippen molar-refractivity contribution in [1.82, 2.24) is 8.87 Å². The molecule has 170 valence electrons. The molecule has 0 radical (unpaired) electrons. The Labute approximate surface area is 198 Å². The minimum Gasteiger partial charge on any atom is -0.477 e. The molecule has 3 N–H and O–H groups in total. The van der Waals surface area contributed by atoms with E-state index in [-0.39, 0.29) is 29.1 Å². The molecule has 32 heavy (non-hydrogen) atoms. The molecule has 0 amide bonds. The molecule has 0 unspecified atom stereocenters. The van der Waals surface area contributed by atoms with Crippen molar-refractivity contribution >= 4 is 61.9 Å². The fourth-order valence-corrected chi connectivity index (χ4v) is 6.97. The molecule has 12 heteroatoms. The van der Waals surface area contributed by atoms with E-state index in [2.05, 4.69) is 0 Å². The van der Waals surface area contributed by atoms with Crippen LogP contribution in [0.1, 0.15) is 16.1 Å². The molecule has 4 rings (SSSR count). The lowest BCUT2D eigenvalue weighted by atomic mass is 10.2. The lowest BCUT2D eigenvalue weighted by Gasteiger charge is -2.33. The van der Waals surface area contributed by atoms with Crippen LogP contribution in [0.2, 0.25) is 10.0 Å². The van der Waals surface area contributed by atoms with Crippen LogP contribution in [-0.4, -0.2) is 62.5 Å². The van der Waals surface area contributed by atoms with E-state index in [0.29, 0.717) is 21.1 Å². The first-order valence-corrected chi connectivity index (χ1v) is 12.6. The Morgan fingerprint density at radius 1 is 1.12 bits per heavy atom. The van der Waals surface area contributed by atoms with Crippen molar-refractivity contribution in [2.45, 2.75) is 16.6 Å². The number of halogens is 2. The molecule has 1 aliphatic rings. The van der Waals surface area contributed by atoms with E-state index in [0.717, 1.165) is 16.1 Å². The lowest BCUT2D eigenvalue weighted by molar-refractivity contribution is -0.0873. The molecule has 2 aromatic carbocycles. The molecule has 0 atom stereocenters. The van der Waals surface area contributed by atoms with Crippen molar-refractivity contribution < 1.29 is 28.5 Å². The number of hydrogen-bond acceptors (Lipinski definition) is 6. The third kappa shape index (κ3) is 4.24. The second-order valence-electron chi connectivity index (χ2n) is 7.26. The number of aliphatic hydroxyl groups is 2. The summed E-state index contributed by atoms with van der Waals surface area (Å²) in [7, 11) is -4.37. The smallest absolute Gasteiger partial charge is 0.353 e. The van der Waals surface area contributed by atoms with Gasteiger partial charge in [-0.2, -0.15) is 4.31 Å². The van der Waals surface area contributed by atoms with Gasteiger partial charge in [-0.25, -0.2) is 13.2 Å². The number of aromatic carboxylic acids is 1. The van der Waals surface area contributed by atoms with E-state index in [1.54, 1.807) is 36.4 Å². The molecular weight excluding hydrogens is 499 g/mol. The lowest BCUT2D eigenvalue weighted by Crippen LogP contribution is -2.49. The molecule has 8 nitrogen and oxygen atoms in total. The maximum Gasteiger partial charge on any atom is 0.353 e. The zero-order valence-electron chi connectivity index (χ0n) is 16.4. The van der Waals surface area contributed by atoms with Gasteiger partial charge in [0.25, 0.3) is 0 Å². The van der Waals surface area contributed by atoms with Crippen LogP contribution in [0.5, 0.6) is 0 Å². The number of sulfonamides is 1. The second-order valence-corrected chi connectivity index (χ2v) is 11.3. The first-order valence-electron chi connectivity index (χ1n) is 9.38. The summed E-state index contributed by atoms with van der Waals surface area (Å²) in [5, 5.41) is 28.6. The summed E-state index contributed by atoms with van der Waals surface area (Å²) < 4.78 is 29.4. The summed E-state index contributed by atoms with van der Waals surface area (Å²) in [5.74, 6) is -1.28. The number of carboxylic acids is 1. The molecule has 0 saturated carbocycles. The normalized spacial score (nSPS) is 17.0. The molecule has 0 aliphatic carbocycles. The monoisotopic (exact) mass is 516 g/mol. The van der Waals surface area contributed by atoms with Crippen LogP contribution in [0.4, 0.5) is 0 Å². The predicted octanol–water partition coefficient (Wildman–Crippen LogP) is 3.07. The number of aromatic nitrogens is 1. The van der Waals surface area contributed by atoms with Gasteiger partial charge in [-0.05, 0) is 23.8 Å². The highest BCUT2D eigenvalue weighted by molar-refractivity contribution is 8.00. The number of para-hydroxylation sites is 1. The van der Waals surface area contributed by atoms with Gasteiger partial charge in [0.15, 0.2) is 0 Å². The molecular formula is C20H18Cl2N2O6S2. The summed E-state index contributed by atoms with van der Waals surface area (Å²) in [5.41, 5.74) is 0.614.